The number of hydrogen-bond donors (Lipinski definition) is 9. The second kappa shape index (κ2) is 19.0. The maximum atomic E-state index is 13.8. The van der Waals surface area contributed by atoms with Crippen LogP contribution >= 0.6 is 0 Å². The minimum Gasteiger partial charge on any atom is -0.508 e. The molecule has 2 rings (SSSR count). The van der Waals surface area contributed by atoms with Crippen molar-refractivity contribution in [2.75, 3.05) is 13.1 Å². The fraction of sp³-hybridized carbons (Fsp3) is 0.469. The van der Waals surface area contributed by atoms with Gasteiger partial charge in [-0.15, -0.1) is 0 Å². The van der Waals surface area contributed by atoms with Crippen LogP contribution in [0.15, 0.2) is 47.5 Å². The van der Waals surface area contributed by atoms with E-state index in [2.05, 4.69) is 20.9 Å². The van der Waals surface area contributed by atoms with E-state index in [0.29, 0.717) is 36.9 Å². The number of rotatable bonds is 19. The minimum absolute atomic E-state index is 0.0608. The Morgan fingerprint density at radius 1 is 0.783 bits per heavy atom. The van der Waals surface area contributed by atoms with E-state index < -0.39 is 47.8 Å². The molecule has 14 heteroatoms. The summed E-state index contributed by atoms with van der Waals surface area (Å²) in [5, 5.41) is 18.2. The number of primary amides is 1. The summed E-state index contributed by atoms with van der Waals surface area (Å²) in [6.45, 7) is 4.25. The number of benzene rings is 2. The van der Waals surface area contributed by atoms with Gasteiger partial charge in [0.1, 0.15) is 23.9 Å². The first-order chi connectivity index (χ1) is 21.8. The number of carbonyl (C=O) groups is 4. The number of aryl methyl sites for hydroxylation is 2. The van der Waals surface area contributed by atoms with Crippen molar-refractivity contribution in [3.05, 3.63) is 64.7 Å². The molecule has 46 heavy (non-hydrogen) atoms. The smallest absolute Gasteiger partial charge is 0.243 e. The van der Waals surface area contributed by atoms with Crippen LogP contribution in [0.25, 0.3) is 0 Å². The third kappa shape index (κ3) is 12.7. The molecule has 0 radical (unpaired) electrons. The molecule has 0 aliphatic rings. The Morgan fingerprint density at radius 3 is 1.96 bits per heavy atom. The van der Waals surface area contributed by atoms with Gasteiger partial charge in [0.25, 0.3) is 0 Å². The Hall–Kier alpha value is -4.69. The first kappa shape index (κ1) is 37.5. The molecule has 4 atom stereocenters. The third-order valence-electron chi connectivity index (χ3n) is 7.55. The number of unbranched alkanes of at least 4 members (excludes halogenated alkanes) is 1. The molecule has 252 valence electrons. The SMILES string of the molecule is Cc1cc(O)cc(C)c1C[C@@H](NC(=O)[C@H](N)CCCN=C(N)N)C(=O)N[C@@H](CCCCN)C(=O)N[C@@H](Cc1ccccc1)C(N)=O. The molecule has 0 saturated heterocycles. The molecule has 14 N–H and O–H groups in total. The largest absolute Gasteiger partial charge is 0.508 e. The van der Waals surface area contributed by atoms with Crippen LogP contribution < -0.4 is 44.6 Å². The normalized spacial score (nSPS) is 13.5. The Labute approximate surface area is 269 Å². The van der Waals surface area contributed by atoms with Crippen molar-refractivity contribution in [1.29, 1.82) is 0 Å². The van der Waals surface area contributed by atoms with Crippen LogP contribution in [0.1, 0.15) is 54.4 Å². The lowest BCUT2D eigenvalue weighted by atomic mass is 9.95. The monoisotopic (exact) mass is 639 g/mol. The van der Waals surface area contributed by atoms with Crippen molar-refractivity contribution < 1.29 is 24.3 Å². The van der Waals surface area contributed by atoms with Crippen molar-refractivity contribution in [3.63, 3.8) is 0 Å². The summed E-state index contributed by atoms with van der Waals surface area (Å²) in [6.07, 6.45) is 2.27. The van der Waals surface area contributed by atoms with E-state index in [9.17, 15) is 24.3 Å². The Bertz CT molecular complexity index is 1330. The molecule has 0 saturated carbocycles. The zero-order valence-electron chi connectivity index (χ0n) is 26.6. The van der Waals surface area contributed by atoms with E-state index in [-0.39, 0.29) is 43.9 Å². The average molecular weight is 640 g/mol. The lowest BCUT2D eigenvalue weighted by Crippen LogP contribution is -2.58. The van der Waals surface area contributed by atoms with Gasteiger partial charge in [-0.3, -0.25) is 24.2 Å². The third-order valence-corrected chi connectivity index (χ3v) is 7.55. The topological polar surface area (TPSA) is 267 Å². The number of nitrogens with zero attached hydrogens (tertiary/aromatic N) is 1. The number of phenolic OH excluding ortho intramolecular Hbond substituents is 1. The molecule has 0 aliphatic carbocycles. The molecule has 0 fully saturated rings. The van der Waals surface area contributed by atoms with E-state index in [1.807, 2.05) is 30.3 Å². The van der Waals surface area contributed by atoms with Gasteiger partial charge in [-0.2, -0.15) is 0 Å². The highest BCUT2D eigenvalue weighted by Crippen LogP contribution is 2.22. The van der Waals surface area contributed by atoms with Crippen LogP contribution in [0.2, 0.25) is 0 Å². The van der Waals surface area contributed by atoms with E-state index in [0.717, 1.165) is 11.1 Å². The molecule has 4 amide bonds. The van der Waals surface area contributed by atoms with Crippen LogP contribution in [0.5, 0.6) is 5.75 Å². The number of aliphatic imine (C=N–C) groups is 1. The summed E-state index contributed by atoms with van der Waals surface area (Å²) in [5.41, 5.74) is 31.1. The number of phenols is 1. The van der Waals surface area contributed by atoms with Crippen LogP contribution in [0.4, 0.5) is 0 Å². The molecule has 0 bridgehead atoms. The van der Waals surface area contributed by atoms with Gasteiger partial charge in [0.05, 0.1) is 6.04 Å². The number of carbonyl (C=O) groups excluding carboxylic acids is 4. The predicted octanol–water partition coefficient (Wildman–Crippen LogP) is -0.756. The molecule has 2 aromatic carbocycles. The quantitative estimate of drug-likeness (QED) is 0.0530. The molecular weight excluding hydrogens is 590 g/mol. The highest BCUT2D eigenvalue weighted by molar-refractivity contribution is 5.94. The number of amides is 4. The molecule has 0 aliphatic heterocycles. The second-order valence-electron chi connectivity index (χ2n) is 11.4. The van der Waals surface area contributed by atoms with Crippen molar-refractivity contribution in [3.8, 4) is 5.75 Å². The summed E-state index contributed by atoms with van der Waals surface area (Å²) in [5.74, 6) is -2.51. The molecule has 0 unspecified atom stereocenters. The predicted molar refractivity (Wildman–Crippen MR) is 177 cm³/mol. The van der Waals surface area contributed by atoms with E-state index in [1.165, 1.54) is 0 Å². The molecule has 0 spiro atoms. The highest BCUT2D eigenvalue weighted by Gasteiger charge is 2.30. The van der Waals surface area contributed by atoms with Gasteiger partial charge >= 0.3 is 0 Å². The summed E-state index contributed by atoms with van der Waals surface area (Å²) < 4.78 is 0. The van der Waals surface area contributed by atoms with Gasteiger partial charge in [0.15, 0.2) is 5.96 Å². The average Bonchev–Trinajstić information content (AvgIpc) is 2.99. The zero-order chi connectivity index (χ0) is 34.2. The lowest BCUT2D eigenvalue weighted by molar-refractivity contribution is -0.133. The van der Waals surface area contributed by atoms with Crippen LogP contribution in [0, 0.1) is 13.8 Å². The summed E-state index contributed by atoms with van der Waals surface area (Å²) in [6, 6.07) is 8.07. The minimum atomic E-state index is -1.13. The molecule has 0 aromatic heterocycles. The Kier molecular flexibility index (Phi) is 15.5. The van der Waals surface area contributed by atoms with E-state index >= 15 is 0 Å². The lowest BCUT2D eigenvalue weighted by Gasteiger charge is -2.26. The van der Waals surface area contributed by atoms with Crippen molar-refractivity contribution in [2.45, 2.75) is 83.0 Å². The Balaban J connectivity index is 2.30. The van der Waals surface area contributed by atoms with Gasteiger partial charge in [-0.05, 0) is 86.9 Å². The molecular formula is C32H49N9O5. The standard InChI is InChI=1S/C32H49N9O5/c1-19-15-22(42)16-20(2)23(19)18-27(41-29(44)24(34)11-8-14-38-32(36)37)31(46)39-25(12-6-7-13-33)30(45)40-26(28(35)43)17-21-9-4-3-5-10-21/h3-5,9-10,15-16,24-27,42H,6-8,11-14,17-18,33-34H2,1-2H3,(H2,35,43)(H,39,46)(H,40,45)(H,41,44)(H4,36,37,38)/t24-,25+,26+,27-/m1/s1. The number of hydrogen-bond acceptors (Lipinski definition) is 8. The number of nitrogens with two attached hydrogens (primary N) is 5. The number of guanidine groups is 1. The fourth-order valence-corrected chi connectivity index (χ4v) is 5.01. The summed E-state index contributed by atoms with van der Waals surface area (Å²) in [7, 11) is 0. The van der Waals surface area contributed by atoms with Gasteiger partial charge < -0.3 is 49.7 Å². The van der Waals surface area contributed by atoms with E-state index in [1.54, 1.807) is 26.0 Å². The van der Waals surface area contributed by atoms with Crippen molar-refractivity contribution >= 4 is 29.6 Å². The van der Waals surface area contributed by atoms with E-state index in [4.69, 9.17) is 28.7 Å². The first-order valence-corrected chi connectivity index (χ1v) is 15.4. The number of nitrogens with one attached hydrogen (secondary N) is 3. The maximum absolute atomic E-state index is 13.8. The maximum Gasteiger partial charge on any atom is 0.243 e. The van der Waals surface area contributed by atoms with Crippen LogP contribution in [-0.4, -0.2) is 72.0 Å². The first-order valence-electron chi connectivity index (χ1n) is 15.4. The van der Waals surface area contributed by atoms with Gasteiger partial charge in [-0.25, -0.2) is 0 Å². The zero-order valence-corrected chi connectivity index (χ0v) is 26.6. The van der Waals surface area contributed by atoms with Gasteiger partial charge in [0, 0.05) is 19.4 Å². The molecule has 0 heterocycles. The van der Waals surface area contributed by atoms with Crippen molar-refractivity contribution in [1.82, 2.24) is 16.0 Å². The van der Waals surface area contributed by atoms with Gasteiger partial charge in [0.2, 0.25) is 23.6 Å². The summed E-state index contributed by atoms with van der Waals surface area (Å²) in [4.78, 5) is 56.6. The fourth-order valence-electron chi connectivity index (χ4n) is 5.01. The van der Waals surface area contributed by atoms with Crippen molar-refractivity contribution in [2.24, 2.45) is 33.7 Å². The van der Waals surface area contributed by atoms with Crippen LogP contribution in [-0.2, 0) is 32.0 Å². The Morgan fingerprint density at radius 2 is 1.37 bits per heavy atom. The summed E-state index contributed by atoms with van der Waals surface area (Å²) >= 11 is 0. The number of aromatic hydroxyl groups is 1. The second-order valence-corrected chi connectivity index (χ2v) is 11.4. The van der Waals surface area contributed by atoms with Gasteiger partial charge in [-0.1, -0.05) is 30.3 Å². The molecule has 14 nitrogen and oxygen atoms in total. The highest BCUT2D eigenvalue weighted by atomic mass is 16.3. The molecule has 2 aromatic rings. The van der Waals surface area contributed by atoms with Crippen LogP contribution in [0.3, 0.4) is 0 Å².